The van der Waals surface area contributed by atoms with Gasteiger partial charge in [0.2, 0.25) is 0 Å². The van der Waals surface area contributed by atoms with Crippen LogP contribution in [0, 0.1) is 0 Å². The molecule has 11 aromatic rings. The predicted molar refractivity (Wildman–Crippen MR) is 270 cm³/mol. The molecular formula is C60H48N2Si. The van der Waals surface area contributed by atoms with Crippen LogP contribution in [-0.4, -0.2) is 17.2 Å². The standard InChI is InChI=1S/C60H48N2Si/c1-5-20-44(21-6-1)51-32-18-33-53-52-30-13-15-34-55(52)62(60(51)53)58-37-19-36-57-59(58)54-31-14-16-35-56(54)61(57)46-40-38-43(39-41-46)45-22-17-29-50(42-45)63(47-23-7-2-8-24-47,48-25-9-3-10-26-48)49-27-11-4-12-28-49/h2-4,7-19,22-42,44H,1,5-6,20-21H2. The average Bonchev–Trinajstić information content (AvgIpc) is 3.89. The topological polar surface area (TPSA) is 9.86 Å². The first-order chi connectivity index (χ1) is 31.3. The van der Waals surface area contributed by atoms with E-state index in [1.54, 1.807) is 0 Å². The van der Waals surface area contributed by atoms with Gasteiger partial charge in [-0.1, -0.05) is 207 Å². The third-order valence-corrected chi connectivity index (χ3v) is 18.8. The lowest BCUT2D eigenvalue weighted by Gasteiger charge is -2.34. The van der Waals surface area contributed by atoms with Crippen molar-refractivity contribution in [1.29, 1.82) is 0 Å². The molecule has 0 spiro atoms. The maximum absolute atomic E-state index is 2.66. The first kappa shape index (κ1) is 37.5. The lowest BCUT2D eigenvalue weighted by molar-refractivity contribution is 0.445. The van der Waals surface area contributed by atoms with E-state index in [0.29, 0.717) is 5.92 Å². The van der Waals surface area contributed by atoms with Crippen molar-refractivity contribution in [3.05, 3.63) is 230 Å². The fraction of sp³-hybridized carbons (Fsp3) is 0.100. The summed E-state index contributed by atoms with van der Waals surface area (Å²) in [4.78, 5) is 0. The van der Waals surface area contributed by atoms with E-state index in [-0.39, 0.29) is 0 Å². The fourth-order valence-electron chi connectivity index (χ4n) is 11.3. The highest BCUT2D eigenvalue weighted by Gasteiger charge is 2.41. The molecule has 1 aliphatic carbocycles. The van der Waals surface area contributed by atoms with Crippen LogP contribution in [-0.2, 0) is 0 Å². The van der Waals surface area contributed by atoms with E-state index in [0.717, 1.165) is 5.69 Å². The summed E-state index contributed by atoms with van der Waals surface area (Å²) in [6, 6.07) is 84.2. The van der Waals surface area contributed by atoms with Crippen molar-refractivity contribution in [3.8, 4) is 22.5 Å². The van der Waals surface area contributed by atoms with Crippen molar-refractivity contribution < 1.29 is 0 Å². The van der Waals surface area contributed by atoms with Gasteiger partial charge in [-0.25, -0.2) is 0 Å². The third kappa shape index (κ3) is 6.06. The highest BCUT2D eigenvalue weighted by atomic mass is 28.3. The molecule has 1 saturated carbocycles. The maximum Gasteiger partial charge on any atom is 0.179 e. The highest BCUT2D eigenvalue weighted by Crippen LogP contribution is 2.44. The molecule has 2 aromatic heterocycles. The van der Waals surface area contributed by atoms with Gasteiger partial charge in [0.05, 0.1) is 27.8 Å². The Bertz CT molecular complexity index is 3320. The van der Waals surface area contributed by atoms with Crippen LogP contribution in [0.15, 0.2) is 224 Å². The van der Waals surface area contributed by atoms with Gasteiger partial charge in [-0.15, -0.1) is 0 Å². The minimum absolute atomic E-state index is 0.582. The first-order valence-electron chi connectivity index (χ1n) is 22.7. The summed E-state index contributed by atoms with van der Waals surface area (Å²) in [5, 5.41) is 10.7. The Hall–Kier alpha value is -7.20. The van der Waals surface area contributed by atoms with Crippen LogP contribution >= 0.6 is 0 Å². The number of hydrogen-bond acceptors (Lipinski definition) is 0. The molecule has 0 bridgehead atoms. The lowest BCUT2D eigenvalue weighted by Crippen LogP contribution is -2.74. The van der Waals surface area contributed by atoms with Gasteiger partial charge < -0.3 is 9.13 Å². The predicted octanol–water partition coefficient (Wildman–Crippen LogP) is 13.0. The van der Waals surface area contributed by atoms with Gasteiger partial charge in [0.25, 0.3) is 0 Å². The van der Waals surface area contributed by atoms with Crippen LogP contribution in [0.2, 0.25) is 0 Å². The molecule has 3 heteroatoms. The maximum atomic E-state index is 2.60. The quantitative estimate of drug-likeness (QED) is 0.107. The molecule has 0 unspecified atom stereocenters. The molecule has 63 heavy (non-hydrogen) atoms. The van der Waals surface area contributed by atoms with Crippen LogP contribution in [0.5, 0.6) is 0 Å². The molecule has 0 radical (unpaired) electrons. The van der Waals surface area contributed by atoms with Crippen LogP contribution in [0.4, 0.5) is 0 Å². The number of aromatic nitrogens is 2. The zero-order chi connectivity index (χ0) is 41.7. The van der Waals surface area contributed by atoms with Crippen molar-refractivity contribution in [2.45, 2.75) is 38.0 Å². The van der Waals surface area contributed by atoms with Crippen LogP contribution < -0.4 is 20.7 Å². The Morgan fingerprint density at radius 3 is 1.56 bits per heavy atom. The molecule has 2 nitrogen and oxygen atoms in total. The van der Waals surface area contributed by atoms with Crippen molar-refractivity contribution in [1.82, 2.24) is 9.13 Å². The Morgan fingerprint density at radius 1 is 0.365 bits per heavy atom. The van der Waals surface area contributed by atoms with Gasteiger partial charge in [-0.3, -0.25) is 0 Å². The van der Waals surface area contributed by atoms with Gasteiger partial charge in [0.1, 0.15) is 0 Å². The fourth-order valence-corrected chi connectivity index (χ4v) is 16.1. The zero-order valence-corrected chi connectivity index (χ0v) is 36.4. The first-order valence-corrected chi connectivity index (χ1v) is 24.7. The summed E-state index contributed by atoms with van der Waals surface area (Å²) >= 11 is 0. The van der Waals surface area contributed by atoms with Gasteiger partial charge in [-0.05, 0) is 92.6 Å². The second kappa shape index (κ2) is 15.6. The average molecular weight is 825 g/mol. The zero-order valence-electron chi connectivity index (χ0n) is 35.4. The molecule has 0 N–H and O–H groups in total. The smallest absolute Gasteiger partial charge is 0.179 e. The molecule has 0 aliphatic heterocycles. The van der Waals surface area contributed by atoms with Crippen molar-refractivity contribution >= 4 is 72.4 Å². The molecular weight excluding hydrogens is 777 g/mol. The molecule has 302 valence electrons. The van der Waals surface area contributed by atoms with Gasteiger partial charge in [0.15, 0.2) is 8.07 Å². The van der Waals surface area contributed by atoms with Crippen molar-refractivity contribution in [2.24, 2.45) is 0 Å². The van der Waals surface area contributed by atoms with E-state index in [1.807, 2.05) is 0 Å². The number of benzene rings is 9. The van der Waals surface area contributed by atoms with Crippen LogP contribution in [0.25, 0.3) is 66.1 Å². The summed E-state index contributed by atoms with van der Waals surface area (Å²) in [6.45, 7) is 0. The lowest BCUT2D eigenvalue weighted by atomic mass is 9.83. The number of nitrogens with zero attached hydrogens (tertiary/aromatic N) is 2. The largest absolute Gasteiger partial charge is 0.309 e. The minimum Gasteiger partial charge on any atom is -0.309 e. The summed E-state index contributed by atoms with van der Waals surface area (Å²) in [7, 11) is -2.66. The second-order valence-electron chi connectivity index (χ2n) is 17.4. The van der Waals surface area contributed by atoms with E-state index in [2.05, 4.69) is 234 Å². The summed E-state index contributed by atoms with van der Waals surface area (Å²) in [5.41, 5.74) is 11.4. The molecule has 12 rings (SSSR count). The molecule has 1 fully saturated rings. The monoisotopic (exact) mass is 824 g/mol. The molecule has 0 amide bonds. The van der Waals surface area contributed by atoms with Gasteiger partial charge >= 0.3 is 0 Å². The SMILES string of the molecule is c1ccc([Si](c2ccccc2)(c2ccccc2)c2cccc(-c3ccc(-n4c5ccccc5c5c(-n6c7ccccc7c7cccc(C8CCCCC8)c76)cccc54)cc3)c2)cc1. The Kier molecular flexibility index (Phi) is 9.30. The molecule has 2 heterocycles. The summed E-state index contributed by atoms with van der Waals surface area (Å²) < 4.78 is 5.08. The van der Waals surface area contributed by atoms with Crippen molar-refractivity contribution in [2.75, 3.05) is 0 Å². The number of para-hydroxylation sites is 3. The van der Waals surface area contributed by atoms with E-state index < -0.39 is 8.07 Å². The van der Waals surface area contributed by atoms with E-state index in [1.165, 1.54) is 119 Å². The van der Waals surface area contributed by atoms with Crippen molar-refractivity contribution in [3.63, 3.8) is 0 Å². The van der Waals surface area contributed by atoms with Gasteiger partial charge in [0, 0.05) is 27.2 Å². The van der Waals surface area contributed by atoms with Crippen LogP contribution in [0.1, 0.15) is 43.6 Å². The minimum atomic E-state index is -2.66. The summed E-state index contributed by atoms with van der Waals surface area (Å²) in [5.74, 6) is 0.582. The number of hydrogen-bond donors (Lipinski definition) is 0. The Labute approximate surface area is 370 Å². The molecule has 0 saturated heterocycles. The number of fused-ring (bicyclic) bond motifs is 6. The number of rotatable bonds is 8. The van der Waals surface area contributed by atoms with E-state index in [4.69, 9.17) is 0 Å². The molecule has 9 aromatic carbocycles. The summed E-state index contributed by atoms with van der Waals surface area (Å²) in [6.07, 6.45) is 6.50. The Balaban J connectivity index is 1.01. The van der Waals surface area contributed by atoms with Gasteiger partial charge in [-0.2, -0.15) is 0 Å². The third-order valence-electron chi connectivity index (χ3n) is 14.1. The van der Waals surface area contributed by atoms with E-state index in [9.17, 15) is 0 Å². The van der Waals surface area contributed by atoms with Crippen LogP contribution in [0.3, 0.4) is 0 Å². The highest BCUT2D eigenvalue weighted by molar-refractivity contribution is 7.19. The normalized spacial score (nSPS) is 13.7. The second-order valence-corrected chi connectivity index (χ2v) is 21.2. The Morgan fingerprint density at radius 2 is 0.889 bits per heavy atom. The molecule has 0 atom stereocenters. The molecule has 1 aliphatic rings. The van der Waals surface area contributed by atoms with E-state index >= 15 is 0 Å².